The molecule has 0 amide bonds. The fourth-order valence-corrected chi connectivity index (χ4v) is 4.72. The van der Waals surface area contributed by atoms with Crippen LogP contribution in [0.3, 0.4) is 0 Å². The number of hydrogen-bond donors (Lipinski definition) is 2. The number of ether oxygens (including phenoxy) is 1. The van der Waals surface area contributed by atoms with Gasteiger partial charge >= 0.3 is 5.97 Å². The van der Waals surface area contributed by atoms with E-state index >= 15 is 0 Å². The number of nitrogens with zero attached hydrogens (tertiary/aromatic N) is 2. The number of aromatic hydroxyl groups is 1. The van der Waals surface area contributed by atoms with E-state index in [9.17, 15) is 19.5 Å². The number of hydrogen-bond acceptors (Lipinski definition) is 7. The zero-order valence-electron chi connectivity index (χ0n) is 16.7. The van der Waals surface area contributed by atoms with Gasteiger partial charge in [-0.25, -0.2) is 9.78 Å². The lowest BCUT2D eigenvalue weighted by Crippen LogP contribution is -2.53. The van der Waals surface area contributed by atoms with Crippen LogP contribution < -0.4 is 5.56 Å². The zero-order chi connectivity index (χ0) is 21.5. The van der Waals surface area contributed by atoms with Crippen LogP contribution in [0.5, 0.6) is 5.75 Å². The van der Waals surface area contributed by atoms with Crippen LogP contribution in [0, 0.1) is 11.3 Å². The molecule has 2 bridgehead atoms. The fourth-order valence-electron chi connectivity index (χ4n) is 4.72. The lowest BCUT2D eigenvalue weighted by molar-refractivity contribution is 0.0512. The van der Waals surface area contributed by atoms with E-state index < -0.39 is 34.2 Å². The molecule has 2 aliphatic rings. The maximum absolute atomic E-state index is 13.1. The number of nitrogens with one attached hydrogen (secondary N) is 1. The molecule has 0 radical (unpaired) electrons. The third-order valence-corrected chi connectivity index (χ3v) is 6.08. The van der Waals surface area contributed by atoms with Crippen molar-refractivity contribution in [2.24, 2.45) is 5.92 Å². The molecule has 0 spiro atoms. The molecule has 0 saturated heterocycles. The number of esters is 1. The molecule has 1 aliphatic heterocycles. The molecule has 1 fully saturated rings. The largest absolute Gasteiger partial charge is 0.501 e. The number of aromatic nitrogens is 2. The maximum atomic E-state index is 13.1. The van der Waals surface area contributed by atoms with E-state index in [1.54, 1.807) is 37.3 Å². The Bertz CT molecular complexity index is 1090. The molecule has 2 heterocycles. The molecule has 2 N–H and O–H groups in total. The normalized spacial score (nSPS) is 22.1. The number of carbonyl (C=O) groups excluding carboxylic acids is 2. The molecule has 1 aromatic heterocycles. The highest BCUT2D eigenvalue weighted by molar-refractivity contribution is 6.47. The molecule has 8 heteroatoms. The zero-order valence-corrected chi connectivity index (χ0v) is 16.7. The first-order valence-electron chi connectivity index (χ1n) is 10.1. The van der Waals surface area contributed by atoms with Crippen molar-refractivity contribution in [3.63, 3.8) is 0 Å². The van der Waals surface area contributed by atoms with Crippen molar-refractivity contribution < 1.29 is 19.4 Å². The van der Waals surface area contributed by atoms with E-state index in [-0.39, 0.29) is 24.1 Å². The molecule has 2 aromatic rings. The van der Waals surface area contributed by atoms with Gasteiger partial charge in [-0.05, 0) is 32.1 Å². The van der Waals surface area contributed by atoms with Gasteiger partial charge in [0.1, 0.15) is 5.82 Å². The van der Waals surface area contributed by atoms with Gasteiger partial charge in [0, 0.05) is 12.1 Å². The molecule has 1 saturated carbocycles. The van der Waals surface area contributed by atoms with Gasteiger partial charge in [0.25, 0.3) is 5.56 Å². The minimum atomic E-state index is -1.08. The molecule has 30 heavy (non-hydrogen) atoms. The first-order chi connectivity index (χ1) is 14.4. The Kier molecular flexibility index (Phi) is 5.01. The number of fused-ring (bicyclic) bond motifs is 4. The second-order valence-electron chi connectivity index (χ2n) is 7.88. The van der Waals surface area contributed by atoms with Crippen LogP contribution in [0.4, 0.5) is 0 Å². The second-order valence-corrected chi connectivity index (χ2v) is 7.88. The maximum Gasteiger partial charge on any atom is 0.361 e. The Morgan fingerprint density at radius 3 is 2.77 bits per heavy atom. The van der Waals surface area contributed by atoms with Gasteiger partial charge in [-0.3, -0.25) is 14.2 Å². The third-order valence-electron chi connectivity index (χ3n) is 6.08. The van der Waals surface area contributed by atoms with E-state index in [1.807, 2.05) is 0 Å². The van der Waals surface area contributed by atoms with Crippen molar-refractivity contribution >= 4 is 17.5 Å². The molecule has 2 unspecified atom stereocenters. The van der Waals surface area contributed by atoms with Gasteiger partial charge in [-0.1, -0.05) is 36.8 Å². The van der Waals surface area contributed by atoms with Crippen molar-refractivity contribution in [2.75, 3.05) is 6.61 Å². The van der Waals surface area contributed by atoms with Crippen molar-refractivity contribution in [3.05, 3.63) is 57.8 Å². The van der Waals surface area contributed by atoms with Gasteiger partial charge < -0.3 is 15.3 Å². The summed E-state index contributed by atoms with van der Waals surface area (Å²) in [6, 6.07) is 8.56. The summed E-state index contributed by atoms with van der Waals surface area (Å²) in [5.74, 6) is -1.80. The number of Topliss-reactive ketones (excluding diaryl/α,β-unsaturated/α-hetero) is 1. The van der Waals surface area contributed by atoms with Crippen LogP contribution in [0.15, 0.2) is 35.1 Å². The summed E-state index contributed by atoms with van der Waals surface area (Å²) in [5, 5.41) is 19.1. The molecule has 156 valence electrons. The number of carbonyl (C=O) groups is 2. The van der Waals surface area contributed by atoms with E-state index in [0.29, 0.717) is 24.9 Å². The first-order valence-corrected chi connectivity index (χ1v) is 10.1. The summed E-state index contributed by atoms with van der Waals surface area (Å²) in [6.45, 7) is 2.02. The summed E-state index contributed by atoms with van der Waals surface area (Å²) >= 11 is 0. The summed E-state index contributed by atoms with van der Waals surface area (Å²) < 4.78 is 6.27. The summed E-state index contributed by atoms with van der Waals surface area (Å²) in [4.78, 5) is 42.6. The molecule has 1 aliphatic carbocycles. The van der Waals surface area contributed by atoms with Gasteiger partial charge in [0.05, 0.1) is 17.7 Å². The monoisotopic (exact) mass is 409 g/mol. The van der Waals surface area contributed by atoms with Crippen LogP contribution in [0.2, 0.25) is 0 Å². The van der Waals surface area contributed by atoms with Gasteiger partial charge in [0.15, 0.2) is 5.69 Å². The highest BCUT2D eigenvalue weighted by Gasteiger charge is 2.51. The quantitative estimate of drug-likeness (QED) is 0.444. The van der Waals surface area contributed by atoms with E-state index in [4.69, 9.17) is 10.1 Å². The molecule has 1 aromatic carbocycles. The smallest absolute Gasteiger partial charge is 0.361 e. The van der Waals surface area contributed by atoms with Crippen molar-refractivity contribution in [3.8, 4) is 5.75 Å². The van der Waals surface area contributed by atoms with Crippen molar-refractivity contribution in [2.45, 2.75) is 44.6 Å². The minimum Gasteiger partial charge on any atom is -0.501 e. The van der Waals surface area contributed by atoms with Crippen LogP contribution in [-0.2, 0) is 16.7 Å². The van der Waals surface area contributed by atoms with Crippen LogP contribution in [0.1, 0.15) is 59.3 Å². The first kappa shape index (κ1) is 20.0. The summed E-state index contributed by atoms with van der Waals surface area (Å²) in [5.41, 5.74) is -2.03. The second kappa shape index (κ2) is 7.51. The van der Waals surface area contributed by atoms with Gasteiger partial charge in [-0.15, -0.1) is 0 Å². The molecular weight excluding hydrogens is 386 g/mol. The standard InChI is InChI=1S/C22H23N3O5/c1-2-30-20(29)15-17(27)19(28)25-12-13-7-6-10-22(11-13,21(25)24-15)18(23)16(26)14-8-4-3-5-9-14/h3-5,8-9,13,23,27H,2,6-7,10-12H2,1H3. The molecular formula is C22H23N3O5. The topological polar surface area (TPSA) is 122 Å². The minimum absolute atomic E-state index is 0.0634. The Morgan fingerprint density at radius 1 is 1.33 bits per heavy atom. The highest BCUT2D eigenvalue weighted by atomic mass is 16.5. The molecule has 2 atom stereocenters. The van der Waals surface area contributed by atoms with E-state index in [1.165, 1.54) is 4.57 Å². The SMILES string of the molecule is CCOC(=O)c1nc2n(c(=O)c1O)CC1CCCC2(C(=N)C(=O)c2ccccc2)C1. The van der Waals surface area contributed by atoms with Gasteiger partial charge in [-0.2, -0.15) is 0 Å². The molecule has 4 rings (SSSR count). The molecule has 8 nitrogen and oxygen atoms in total. The average molecular weight is 409 g/mol. The van der Waals surface area contributed by atoms with Crippen LogP contribution in [-0.4, -0.2) is 38.7 Å². The summed E-state index contributed by atoms with van der Waals surface area (Å²) in [7, 11) is 0. The predicted molar refractivity (Wildman–Crippen MR) is 108 cm³/mol. The Morgan fingerprint density at radius 2 is 2.07 bits per heavy atom. The lowest BCUT2D eigenvalue weighted by atomic mass is 9.63. The number of rotatable bonds is 5. The summed E-state index contributed by atoms with van der Waals surface area (Å²) in [6.07, 6.45) is 2.62. The van der Waals surface area contributed by atoms with Crippen LogP contribution >= 0.6 is 0 Å². The predicted octanol–water partition coefficient (Wildman–Crippen LogP) is 2.47. The number of benzene rings is 1. The third kappa shape index (κ3) is 3.03. The average Bonchev–Trinajstić information content (AvgIpc) is 2.76. The van der Waals surface area contributed by atoms with Crippen molar-refractivity contribution in [1.29, 1.82) is 5.41 Å². The van der Waals surface area contributed by atoms with E-state index in [2.05, 4.69) is 4.98 Å². The van der Waals surface area contributed by atoms with Crippen LogP contribution in [0.25, 0.3) is 0 Å². The fraction of sp³-hybridized carbons (Fsp3) is 0.409. The number of ketones is 1. The Labute approximate surface area is 173 Å². The van der Waals surface area contributed by atoms with Crippen molar-refractivity contribution in [1.82, 2.24) is 9.55 Å². The Hall–Kier alpha value is -3.29. The van der Waals surface area contributed by atoms with E-state index in [0.717, 1.165) is 12.8 Å². The Balaban J connectivity index is 1.89. The highest BCUT2D eigenvalue weighted by Crippen LogP contribution is 2.46. The van der Waals surface area contributed by atoms with Gasteiger partial charge in [0.2, 0.25) is 11.5 Å². The lowest BCUT2D eigenvalue weighted by Gasteiger charge is -2.45.